The molecule has 0 radical (unpaired) electrons. The molecule has 0 fully saturated rings. The molecule has 3 N–H and O–H groups in total. The second kappa shape index (κ2) is 5.78. The van der Waals surface area contributed by atoms with E-state index in [-0.39, 0.29) is 5.91 Å². The molecule has 2 rings (SSSR count). The van der Waals surface area contributed by atoms with Crippen LogP contribution in [0.4, 0.5) is 11.4 Å². The molecule has 0 aromatic heterocycles. The summed E-state index contributed by atoms with van der Waals surface area (Å²) in [5.74, 6) is -0.0163. The lowest BCUT2D eigenvalue weighted by Crippen LogP contribution is -2.14. The van der Waals surface area contributed by atoms with Gasteiger partial charge in [-0.05, 0) is 61.2 Å². The van der Waals surface area contributed by atoms with Gasteiger partial charge < -0.3 is 11.1 Å². The Hall–Kier alpha value is -2.29. The minimum Gasteiger partial charge on any atom is -0.399 e. The van der Waals surface area contributed by atoms with Gasteiger partial charge in [-0.2, -0.15) is 0 Å². The van der Waals surface area contributed by atoms with Crippen molar-refractivity contribution in [3.63, 3.8) is 0 Å². The smallest absolute Gasteiger partial charge is 0.228 e. The van der Waals surface area contributed by atoms with E-state index in [1.807, 2.05) is 31.2 Å². The maximum atomic E-state index is 12.0. The third kappa shape index (κ3) is 3.38. The second-order valence-electron chi connectivity index (χ2n) is 5.21. The maximum absolute atomic E-state index is 12.0. The molecule has 0 aliphatic heterocycles. The fraction of sp³-hybridized carbons (Fsp3) is 0.235. The summed E-state index contributed by atoms with van der Waals surface area (Å²) in [5.41, 5.74) is 11.7. The number of nitrogen functional groups attached to an aromatic ring is 1. The van der Waals surface area contributed by atoms with Crippen molar-refractivity contribution < 1.29 is 4.79 Å². The monoisotopic (exact) mass is 268 g/mol. The van der Waals surface area contributed by atoms with Crippen molar-refractivity contribution in [2.75, 3.05) is 11.1 Å². The van der Waals surface area contributed by atoms with Gasteiger partial charge in [-0.25, -0.2) is 0 Å². The zero-order valence-electron chi connectivity index (χ0n) is 12.2. The van der Waals surface area contributed by atoms with Gasteiger partial charge in [0.15, 0.2) is 0 Å². The van der Waals surface area contributed by atoms with Crippen LogP contribution in [0.1, 0.15) is 22.3 Å². The number of hydrogen-bond donors (Lipinski definition) is 2. The lowest BCUT2D eigenvalue weighted by Gasteiger charge is -2.08. The van der Waals surface area contributed by atoms with Gasteiger partial charge in [-0.3, -0.25) is 4.79 Å². The molecule has 3 heteroatoms. The third-order valence-corrected chi connectivity index (χ3v) is 3.49. The number of amides is 1. The molecular formula is C17H20N2O. The Balaban J connectivity index is 2.04. The summed E-state index contributed by atoms with van der Waals surface area (Å²) in [7, 11) is 0. The average molecular weight is 268 g/mol. The molecule has 0 unspecified atom stereocenters. The number of rotatable bonds is 3. The SMILES string of the molecule is Cc1ccc(CC(=O)Nc2ccc(N)c(C)c2)cc1C. The highest BCUT2D eigenvalue weighted by atomic mass is 16.1. The quantitative estimate of drug-likeness (QED) is 0.838. The minimum absolute atomic E-state index is 0.0163. The summed E-state index contributed by atoms with van der Waals surface area (Å²) < 4.78 is 0. The van der Waals surface area contributed by atoms with E-state index in [0.29, 0.717) is 6.42 Å². The fourth-order valence-corrected chi connectivity index (χ4v) is 2.06. The highest BCUT2D eigenvalue weighted by Crippen LogP contribution is 2.17. The van der Waals surface area contributed by atoms with Crippen molar-refractivity contribution in [3.05, 3.63) is 58.7 Å². The van der Waals surface area contributed by atoms with Crippen LogP contribution >= 0.6 is 0 Å². The Morgan fingerprint density at radius 3 is 2.40 bits per heavy atom. The van der Waals surface area contributed by atoms with E-state index in [2.05, 4.69) is 25.2 Å². The minimum atomic E-state index is -0.0163. The summed E-state index contributed by atoms with van der Waals surface area (Å²) in [5, 5.41) is 2.90. The predicted octanol–water partition coefficient (Wildman–Crippen LogP) is 3.38. The second-order valence-corrected chi connectivity index (χ2v) is 5.21. The predicted molar refractivity (Wildman–Crippen MR) is 83.8 cm³/mol. The highest BCUT2D eigenvalue weighted by Gasteiger charge is 2.06. The average Bonchev–Trinajstić information content (AvgIpc) is 2.38. The van der Waals surface area contributed by atoms with Crippen LogP contribution in [-0.2, 0) is 11.2 Å². The van der Waals surface area contributed by atoms with Gasteiger partial charge in [0, 0.05) is 11.4 Å². The Bertz CT molecular complexity index is 592. The summed E-state index contributed by atoms with van der Waals surface area (Å²) in [6.07, 6.45) is 0.380. The van der Waals surface area contributed by atoms with Gasteiger partial charge in [0.25, 0.3) is 0 Å². The van der Waals surface area contributed by atoms with Crippen LogP contribution in [-0.4, -0.2) is 5.91 Å². The van der Waals surface area contributed by atoms with Crippen molar-refractivity contribution in [3.8, 4) is 0 Å². The Labute approximate surface area is 119 Å². The molecule has 0 saturated heterocycles. The topological polar surface area (TPSA) is 55.1 Å². The molecule has 104 valence electrons. The lowest BCUT2D eigenvalue weighted by atomic mass is 10.0. The Morgan fingerprint density at radius 1 is 1.00 bits per heavy atom. The number of aryl methyl sites for hydroxylation is 3. The third-order valence-electron chi connectivity index (χ3n) is 3.49. The van der Waals surface area contributed by atoms with E-state index in [4.69, 9.17) is 5.73 Å². The molecule has 0 aliphatic carbocycles. The van der Waals surface area contributed by atoms with Crippen molar-refractivity contribution >= 4 is 17.3 Å². The molecule has 2 aromatic rings. The number of nitrogens with one attached hydrogen (secondary N) is 1. The molecule has 0 heterocycles. The highest BCUT2D eigenvalue weighted by molar-refractivity contribution is 5.92. The standard InChI is InChI=1S/C17H20N2O/c1-11-4-5-14(8-12(11)2)10-17(20)19-15-6-7-16(18)13(3)9-15/h4-9H,10,18H2,1-3H3,(H,19,20). The molecule has 0 bridgehead atoms. The van der Waals surface area contributed by atoms with E-state index in [9.17, 15) is 4.79 Å². The number of hydrogen-bond acceptors (Lipinski definition) is 2. The summed E-state index contributed by atoms with van der Waals surface area (Å²) in [6, 6.07) is 11.6. The normalized spacial score (nSPS) is 10.3. The zero-order valence-corrected chi connectivity index (χ0v) is 12.2. The van der Waals surface area contributed by atoms with Crippen molar-refractivity contribution in [2.24, 2.45) is 0 Å². The Morgan fingerprint density at radius 2 is 1.75 bits per heavy atom. The summed E-state index contributed by atoms with van der Waals surface area (Å²) in [4.78, 5) is 12.0. The van der Waals surface area contributed by atoms with Crippen LogP contribution in [0.2, 0.25) is 0 Å². The number of nitrogens with two attached hydrogens (primary N) is 1. The first-order valence-corrected chi connectivity index (χ1v) is 6.68. The number of anilines is 2. The van der Waals surface area contributed by atoms with Crippen LogP contribution in [0.15, 0.2) is 36.4 Å². The first kappa shape index (κ1) is 14.1. The van der Waals surface area contributed by atoms with Crippen LogP contribution in [0.25, 0.3) is 0 Å². The number of benzene rings is 2. The number of carbonyl (C=O) groups excluding carboxylic acids is 1. The van der Waals surface area contributed by atoms with Crippen molar-refractivity contribution in [2.45, 2.75) is 27.2 Å². The molecule has 3 nitrogen and oxygen atoms in total. The Kier molecular flexibility index (Phi) is 4.08. The molecular weight excluding hydrogens is 248 g/mol. The molecule has 0 atom stereocenters. The van der Waals surface area contributed by atoms with E-state index in [1.54, 1.807) is 6.07 Å². The molecule has 20 heavy (non-hydrogen) atoms. The molecule has 0 spiro atoms. The van der Waals surface area contributed by atoms with Crippen molar-refractivity contribution in [1.29, 1.82) is 0 Å². The zero-order chi connectivity index (χ0) is 14.7. The first-order valence-electron chi connectivity index (χ1n) is 6.68. The molecule has 0 aliphatic rings. The fourth-order valence-electron chi connectivity index (χ4n) is 2.06. The van der Waals surface area contributed by atoms with Gasteiger partial charge in [0.1, 0.15) is 0 Å². The van der Waals surface area contributed by atoms with E-state index >= 15 is 0 Å². The van der Waals surface area contributed by atoms with Crippen molar-refractivity contribution in [1.82, 2.24) is 0 Å². The van der Waals surface area contributed by atoms with E-state index in [0.717, 1.165) is 22.5 Å². The maximum Gasteiger partial charge on any atom is 0.228 e. The lowest BCUT2D eigenvalue weighted by molar-refractivity contribution is -0.115. The molecule has 1 amide bonds. The van der Waals surface area contributed by atoms with E-state index < -0.39 is 0 Å². The van der Waals surface area contributed by atoms with Crippen LogP contribution in [0.3, 0.4) is 0 Å². The van der Waals surface area contributed by atoms with Gasteiger partial charge in [-0.15, -0.1) is 0 Å². The van der Waals surface area contributed by atoms with Gasteiger partial charge >= 0.3 is 0 Å². The first-order chi connectivity index (χ1) is 9.45. The largest absolute Gasteiger partial charge is 0.399 e. The molecule has 2 aromatic carbocycles. The van der Waals surface area contributed by atoms with Gasteiger partial charge in [0.05, 0.1) is 6.42 Å². The van der Waals surface area contributed by atoms with Crippen LogP contribution < -0.4 is 11.1 Å². The summed E-state index contributed by atoms with van der Waals surface area (Å²) in [6.45, 7) is 6.05. The van der Waals surface area contributed by atoms with Gasteiger partial charge in [-0.1, -0.05) is 18.2 Å². The summed E-state index contributed by atoms with van der Waals surface area (Å²) >= 11 is 0. The number of carbonyl (C=O) groups is 1. The molecule has 0 saturated carbocycles. The van der Waals surface area contributed by atoms with Crippen LogP contribution in [0.5, 0.6) is 0 Å². The van der Waals surface area contributed by atoms with E-state index in [1.165, 1.54) is 11.1 Å². The van der Waals surface area contributed by atoms with Crippen LogP contribution in [0, 0.1) is 20.8 Å². The van der Waals surface area contributed by atoms with Gasteiger partial charge in [0.2, 0.25) is 5.91 Å².